The van der Waals surface area contributed by atoms with Gasteiger partial charge in [0.2, 0.25) is 0 Å². The maximum atomic E-state index is 12.7. The third-order valence-electron chi connectivity index (χ3n) is 4.54. The van der Waals surface area contributed by atoms with E-state index in [1.54, 1.807) is 36.3 Å². The summed E-state index contributed by atoms with van der Waals surface area (Å²) >= 11 is 0. The highest BCUT2D eigenvalue weighted by Crippen LogP contribution is 2.17. The van der Waals surface area contributed by atoms with Crippen LogP contribution in [0.25, 0.3) is 0 Å². The molecule has 1 aliphatic heterocycles. The lowest BCUT2D eigenvalue weighted by Gasteiger charge is -2.31. The fourth-order valence-electron chi connectivity index (χ4n) is 2.92. The van der Waals surface area contributed by atoms with Crippen LogP contribution in [0.1, 0.15) is 16.1 Å². The molecule has 2 aromatic rings. The molecule has 10 heteroatoms. The van der Waals surface area contributed by atoms with Crippen molar-refractivity contribution >= 4 is 15.9 Å². The van der Waals surface area contributed by atoms with Gasteiger partial charge < -0.3 is 14.5 Å². The Hall–Kier alpha value is -2.43. The van der Waals surface area contributed by atoms with Crippen LogP contribution in [0.15, 0.2) is 35.4 Å². The number of benzene rings is 1. The number of likely N-dealkylation sites (N-methyl/N-ethyl adjacent to an activating group) is 1. The van der Waals surface area contributed by atoms with Gasteiger partial charge in [0.1, 0.15) is 5.75 Å². The fraction of sp³-hybridized carbons (Fsp3) is 0.412. The van der Waals surface area contributed by atoms with E-state index >= 15 is 0 Å². The second kappa shape index (κ2) is 7.67. The predicted octanol–water partition coefficient (Wildman–Crippen LogP) is -0.0250. The molecule has 0 spiro atoms. The van der Waals surface area contributed by atoms with E-state index in [1.807, 2.05) is 7.05 Å². The zero-order chi connectivity index (χ0) is 19.6. The molecule has 0 atom stereocenters. The van der Waals surface area contributed by atoms with Gasteiger partial charge >= 0.3 is 0 Å². The zero-order valence-electron chi connectivity index (χ0n) is 15.3. The minimum atomic E-state index is -4.02. The number of rotatable bonds is 5. The highest BCUT2D eigenvalue weighted by atomic mass is 32.2. The van der Waals surface area contributed by atoms with Crippen molar-refractivity contribution < 1.29 is 17.9 Å². The molecule has 9 nitrogen and oxygen atoms in total. The minimum Gasteiger partial charge on any atom is -0.497 e. The number of nitrogens with two attached hydrogens (primary N) is 1. The Morgan fingerprint density at radius 1 is 1.19 bits per heavy atom. The normalized spacial score (nSPS) is 15.7. The van der Waals surface area contributed by atoms with Crippen molar-refractivity contribution in [1.29, 1.82) is 0 Å². The van der Waals surface area contributed by atoms with Crippen LogP contribution in [0.4, 0.5) is 0 Å². The Bertz CT molecular complexity index is 915. The monoisotopic (exact) mass is 393 g/mol. The molecular weight excluding hydrogens is 370 g/mol. The van der Waals surface area contributed by atoms with E-state index in [1.165, 1.54) is 10.7 Å². The van der Waals surface area contributed by atoms with Gasteiger partial charge in [-0.1, -0.05) is 12.1 Å². The van der Waals surface area contributed by atoms with Crippen molar-refractivity contribution in [2.75, 3.05) is 40.3 Å². The molecule has 1 fully saturated rings. The van der Waals surface area contributed by atoms with Crippen LogP contribution in [0.2, 0.25) is 0 Å². The smallest absolute Gasteiger partial charge is 0.274 e. The molecule has 0 saturated carbocycles. The van der Waals surface area contributed by atoms with Gasteiger partial charge in [-0.05, 0) is 24.7 Å². The summed E-state index contributed by atoms with van der Waals surface area (Å²) in [6, 6.07) is 8.39. The van der Waals surface area contributed by atoms with E-state index in [9.17, 15) is 13.2 Å². The summed E-state index contributed by atoms with van der Waals surface area (Å²) in [5.41, 5.74) is 0.888. The van der Waals surface area contributed by atoms with Crippen molar-refractivity contribution in [2.45, 2.75) is 11.6 Å². The van der Waals surface area contributed by atoms with Crippen molar-refractivity contribution in [2.24, 2.45) is 5.14 Å². The average Bonchev–Trinajstić information content (AvgIpc) is 3.06. The molecule has 27 heavy (non-hydrogen) atoms. The number of amides is 1. The SMILES string of the molecule is COc1ccc(Cn2nc(C(=O)N3CCN(C)CC3)cc2S(N)(=O)=O)cc1. The topological polar surface area (TPSA) is 111 Å². The van der Waals surface area contributed by atoms with Gasteiger partial charge in [0, 0.05) is 32.2 Å². The summed E-state index contributed by atoms with van der Waals surface area (Å²) in [4.78, 5) is 16.5. The number of primary sulfonamides is 1. The van der Waals surface area contributed by atoms with E-state index in [0.717, 1.165) is 18.7 Å². The Morgan fingerprint density at radius 2 is 1.81 bits per heavy atom. The molecule has 1 aromatic carbocycles. The van der Waals surface area contributed by atoms with Crippen LogP contribution >= 0.6 is 0 Å². The quantitative estimate of drug-likeness (QED) is 0.764. The van der Waals surface area contributed by atoms with Gasteiger partial charge in [0.25, 0.3) is 15.9 Å². The predicted molar refractivity (Wildman–Crippen MR) is 99.1 cm³/mol. The van der Waals surface area contributed by atoms with Crippen molar-refractivity contribution in [3.8, 4) is 5.75 Å². The second-order valence-electron chi connectivity index (χ2n) is 6.51. The molecule has 0 unspecified atom stereocenters. The highest BCUT2D eigenvalue weighted by Gasteiger charge is 2.26. The van der Waals surface area contributed by atoms with Crippen LogP contribution in [-0.2, 0) is 16.6 Å². The first-order valence-corrected chi connectivity index (χ1v) is 10.0. The van der Waals surface area contributed by atoms with E-state index in [0.29, 0.717) is 18.8 Å². The summed E-state index contributed by atoms with van der Waals surface area (Å²) in [7, 11) is -0.464. The Balaban J connectivity index is 1.87. The molecule has 1 aliphatic rings. The number of nitrogens with zero attached hydrogens (tertiary/aromatic N) is 4. The largest absolute Gasteiger partial charge is 0.497 e. The summed E-state index contributed by atoms with van der Waals surface area (Å²) in [6.45, 7) is 2.85. The lowest BCUT2D eigenvalue weighted by Crippen LogP contribution is -2.47. The first kappa shape index (κ1) is 19.3. The first-order valence-electron chi connectivity index (χ1n) is 8.49. The van der Waals surface area contributed by atoms with Gasteiger partial charge in [-0.3, -0.25) is 4.79 Å². The number of carbonyl (C=O) groups is 1. The van der Waals surface area contributed by atoms with Gasteiger partial charge in [-0.25, -0.2) is 18.2 Å². The molecule has 1 saturated heterocycles. The van der Waals surface area contributed by atoms with Gasteiger partial charge in [-0.15, -0.1) is 0 Å². The number of sulfonamides is 1. The summed E-state index contributed by atoms with van der Waals surface area (Å²) in [5.74, 6) is 0.401. The fourth-order valence-corrected chi connectivity index (χ4v) is 3.60. The van der Waals surface area contributed by atoms with Crippen molar-refractivity contribution in [3.63, 3.8) is 0 Å². The van der Waals surface area contributed by atoms with E-state index in [2.05, 4.69) is 10.00 Å². The Morgan fingerprint density at radius 3 is 2.37 bits per heavy atom. The van der Waals surface area contributed by atoms with Crippen LogP contribution in [0.5, 0.6) is 5.75 Å². The molecule has 1 amide bonds. The molecule has 0 aliphatic carbocycles. The van der Waals surface area contributed by atoms with Crippen LogP contribution in [0, 0.1) is 0 Å². The maximum Gasteiger partial charge on any atom is 0.274 e. The molecule has 2 heterocycles. The number of carbonyl (C=O) groups excluding carboxylic acids is 1. The molecule has 0 bridgehead atoms. The van der Waals surface area contributed by atoms with E-state index in [4.69, 9.17) is 9.88 Å². The summed E-state index contributed by atoms with van der Waals surface area (Å²) < 4.78 is 30.3. The van der Waals surface area contributed by atoms with Crippen molar-refractivity contribution in [3.05, 3.63) is 41.6 Å². The molecular formula is C17H23N5O4S. The molecule has 2 N–H and O–H groups in total. The van der Waals surface area contributed by atoms with Crippen LogP contribution < -0.4 is 9.88 Å². The molecule has 3 rings (SSSR count). The number of hydrogen-bond acceptors (Lipinski definition) is 6. The molecule has 146 valence electrons. The minimum absolute atomic E-state index is 0.0806. The maximum absolute atomic E-state index is 12.7. The van der Waals surface area contributed by atoms with E-state index < -0.39 is 10.0 Å². The Labute approximate surface area is 158 Å². The van der Waals surface area contributed by atoms with E-state index in [-0.39, 0.29) is 23.2 Å². The third-order valence-corrected chi connectivity index (χ3v) is 5.45. The Kier molecular flexibility index (Phi) is 5.49. The third kappa shape index (κ3) is 4.46. The summed E-state index contributed by atoms with van der Waals surface area (Å²) in [6.07, 6.45) is 0. The van der Waals surface area contributed by atoms with Crippen LogP contribution in [-0.4, -0.2) is 74.2 Å². The number of methoxy groups -OCH3 is 1. The number of aromatic nitrogens is 2. The number of piperazine rings is 1. The highest BCUT2D eigenvalue weighted by molar-refractivity contribution is 7.89. The molecule has 1 aromatic heterocycles. The van der Waals surface area contributed by atoms with Crippen molar-refractivity contribution in [1.82, 2.24) is 19.6 Å². The lowest BCUT2D eigenvalue weighted by atomic mass is 10.2. The standard InChI is InChI=1S/C17H23N5O4S/c1-20-7-9-21(10-8-20)17(23)15-11-16(27(18,24)25)22(19-15)12-13-3-5-14(26-2)6-4-13/h3-6,11H,7-10,12H2,1-2H3,(H2,18,24,25). The van der Waals surface area contributed by atoms with Gasteiger partial charge in [0.05, 0.1) is 13.7 Å². The van der Waals surface area contributed by atoms with Gasteiger partial charge in [-0.2, -0.15) is 5.10 Å². The molecule has 0 radical (unpaired) electrons. The lowest BCUT2D eigenvalue weighted by molar-refractivity contribution is 0.0657. The second-order valence-corrected chi connectivity index (χ2v) is 8.02. The average molecular weight is 393 g/mol. The number of ether oxygens (including phenoxy) is 1. The number of hydrogen-bond donors (Lipinski definition) is 1. The van der Waals surface area contributed by atoms with Gasteiger partial charge in [0.15, 0.2) is 10.7 Å². The van der Waals surface area contributed by atoms with Crippen LogP contribution in [0.3, 0.4) is 0 Å². The zero-order valence-corrected chi connectivity index (χ0v) is 16.1. The first-order chi connectivity index (χ1) is 12.8. The summed E-state index contributed by atoms with van der Waals surface area (Å²) in [5, 5.41) is 9.37.